The molecule has 3 atom stereocenters. The van der Waals surface area contributed by atoms with E-state index in [9.17, 15) is 9.59 Å². The molecule has 2 rings (SSSR count). The second-order valence-electron chi connectivity index (χ2n) is 7.03. The highest BCUT2D eigenvalue weighted by atomic mass is 16.5. The summed E-state index contributed by atoms with van der Waals surface area (Å²) in [6.07, 6.45) is 6.16. The first-order valence-corrected chi connectivity index (χ1v) is 9.30. The maximum atomic E-state index is 12.1. The van der Waals surface area contributed by atoms with Crippen molar-refractivity contribution in [3.63, 3.8) is 0 Å². The van der Waals surface area contributed by atoms with Gasteiger partial charge < -0.3 is 19.5 Å². The smallest absolute Gasteiger partial charge is 0.331 e. The number of hydrogen-bond donors (Lipinski definition) is 1. The molecule has 0 bridgehead atoms. The van der Waals surface area contributed by atoms with E-state index in [4.69, 9.17) is 14.2 Å². The Hall–Kier alpha value is -2.50. The molecule has 1 fully saturated rings. The summed E-state index contributed by atoms with van der Waals surface area (Å²) in [5.41, 5.74) is 0.734. The molecule has 0 unspecified atom stereocenters. The third-order valence-corrected chi connectivity index (χ3v) is 5.18. The van der Waals surface area contributed by atoms with E-state index in [2.05, 4.69) is 19.2 Å². The van der Waals surface area contributed by atoms with Crippen molar-refractivity contribution in [3.8, 4) is 11.5 Å². The van der Waals surface area contributed by atoms with Crippen LogP contribution in [0, 0.1) is 11.8 Å². The zero-order chi connectivity index (χ0) is 19.8. The molecular formula is C21H29NO5. The Morgan fingerprint density at radius 2 is 1.78 bits per heavy atom. The summed E-state index contributed by atoms with van der Waals surface area (Å²) >= 11 is 0. The number of nitrogens with one attached hydrogen (secondary N) is 1. The highest BCUT2D eigenvalue weighted by Crippen LogP contribution is 2.29. The number of carbonyl (C=O) groups excluding carboxylic acids is 2. The van der Waals surface area contributed by atoms with Gasteiger partial charge in [0.25, 0.3) is 5.91 Å². The first kappa shape index (κ1) is 20.8. The van der Waals surface area contributed by atoms with Crippen LogP contribution in [0.5, 0.6) is 11.5 Å². The van der Waals surface area contributed by atoms with Crippen molar-refractivity contribution in [1.29, 1.82) is 0 Å². The number of rotatable bonds is 7. The Labute approximate surface area is 160 Å². The molecule has 0 radical (unpaired) electrons. The Balaban J connectivity index is 1.83. The number of esters is 1. The number of amides is 1. The Morgan fingerprint density at radius 1 is 1.11 bits per heavy atom. The van der Waals surface area contributed by atoms with E-state index in [1.54, 1.807) is 38.5 Å². The molecule has 6 nitrogen and oxygen atoms in total. The molecule has 1 amide bonds. The second-order valence-corrected chi connectivity index (χ2v) is 7.03. The van der Waals surface area contributed by atoms with E-state index in [1.807, 2.05) is 0 Å². The van der Waals surface area contributed by atoms with E-state index in [1.165, 1.54) is 12.5 Å². The lowest BCUT2D eigenvalue weighted by Gasteiger charge is -2.34. The Kier molecular flexibility index (Phi) is 7.70. The van der Waals surface area contributed by atoms with Gasteiger partial charge in [0.05, 0.1) is 14.2 Å². The number of methoxy groups -OCH3 is 2. The van der Waals surface area contributed by atoms with Crippen LogP contribution in [-0.2, 0) is 14.3 Å². The van der Waals surface area contributed by atoms with Gasteiger partial charge in [0.15, 0.2) is 6.61 Å². The third kappa shape index (κ3) is 6.31. The molecule has 1 aliphatic rings. The quantitative estimate of drug-likeness (QED) is 0.585. The van der Waals surface area contributed by atoms with E-state index >= 15 is 0 Å². The highest BCUT2D eigenvalue weighted by Gasteiger charge is 2.28. The molecule has 0 saturated heterocycles. The summed E-state index contributed by atoms with van der Waals surface area (Å²) < 4.78 is 15.4. The van der Waals surface area contributed by atoms with Gasteiger partial charge in [-0.3, -0.25) is 4.79 Å². The van der Waals surface area contributed by atoms with Gasteiger partial charge in [-0.1, -0.05) is 26.7 Å². The van der Waals surface area contributed by atoms with Gasteiger partial charge >= 0.3 is 5.97 Å². The lowest BCUT2D eigenvalue weighted by atomic mass is 9.78. The molecule has 1 N–H and O–H groups in total. The monoisotopic (exact) mass is 375 g/mol. The fourth-order valence-corrected chi connectivity index (χ4v) is 3.31. The number of benzene rings is 1. The summed E-state index contributed by atoms with van der Waals surface area (Å²) in [5.74, 6) is 1.44. The van der Waals surface area contributed by atoms with Crippen molar-refractivity contribution in [2.24, 2.45) is 11.8 Å². The molecule has 0 heterocycles. The van der Waals surface area contributed by atoms with Crippen LogP contribution in [0.1, 0.15) is 38.7 Å². The van der Waals surface area contributed by atoms with Crippen LogP contribution in [0.25, 0.3) is 6.08 Å². The predicted octanol–water partition coefficient (Wildman–Crippen LogP) is 3.20. The fraction of sp³-hybridized carbons (Fsp3) is 0.524. The number of carbonyl (C=O) groups is 2. The largest absolute Gasteiger partial charge is 0.497 e. The summed E-state index contributed by atoms with van der Waals surface area (Å²) in [7, 11) is 3.12. The molecule has 1 saturated carbocycles. The first-order chi connectivity index (χ1) is 12.9. The minimum absolute atomic E-state index is 0.153. The molecular weight excluding hydrogens is 346 g/mol. The zero-order valence-electron chi connectivity index (χ0n) is 16.5. The van der Waals surface area contributed by atoms with Gasteiger partial charge in [0.2, 0.25) is 0 Å². The molecule has 0 spiro atoms. The van der Waals surface area contributed by atoms with Gasteiger partial charge in [0.1, 0.15) is 11.5 Å². The lowest BCUT2D eigenvalue weighted by Crippen LogP contribution is -2.45. The van der Waals surface area contributed by atoms with Crippen LogP contribution < -0.4 is 14.8 Å². The van der Waals surface area contributed by atoms with Gasteiger partial charge in [-0.05, 0) is 42.0 Å². The van der Waals surface area contributed by atoms with Crippen molar-refractivity contribution in [2.45, 2.75) is 39.2 Å². The minimum Gasteiger partial charge on any atom is -0.497 e. The van der Waals surface area contributed by atoms with E-state index in [0.29, 0.717) is 23.3 Å². The van der Waals surface area contributed by atoms with Crippen molar-refractivity contribution >= 4 is 18.0 Å². The molecule has 1 aromatic carbocycles. The van der Waals surface area contributed by atoms with E-state index in [0.717, 1.165) is 18.4 Å². The summed E-state index contributed by atoms with van der Waals surface area (Å²) in [4.78, 5) is 24.0. The predicted molar refractivity (Wildman–Crippen MR) is 104 cm³/mol. The van der Waals surface area contributed by atoms with Crippen LogP contribution in [0.4, 0.5) is 0 Å². The second kappa shape index (κ2) is 10.00. The minimum atomic E-state index is -0.572. The standard InChI is InChI=1S/C21H29NO5/c1-14-6-5-7-19(15(14)2)22-20(23)13-27-21(24)9-8-16-10-17(25-3)12-18(11-16)26-4/h8-12,14-15,19H,5-7,13H2,1-4H3,(H,22,23)/b9-8+/t14-,15-,19-/m0/s1. The normalized spacial score (nSPS) is 22.3. The molecule has 1 aliphatic carbocycles. The average molecular weight is 375 g/mol. The van der Waals surface area contributed by atoms with Gasteiger partial charge in [-0.15, -0.1) is 0 Å². The SMILES string of the molecule is COc1cc(/C=C/C(=O)OCC(=O)N[C@H]2CCC[C@H](C)[C@@H]2C)cc(OC)c1. The van der Waals surface area contributed by atoms with Gasteiger partial charge in [0, 0.05) is 18.2 Å². The molecule has 1 aromatic rings. The van der Waals surface area contributed by atoms with Crippen LogP contribution in [0.2, 0.25) is 0 Å². The van der Waals surface area contributed by atoms with E-state index in [-0.39, 0.29) is 18.6 Å². The molecule has 0 aromatic heterocycles. The topological polar surface area (TPSA) is 73.9 Å². The first-order valence-electron chi connectivity index (χ1n) is 9.30. The zero-order valence-corrected chi connectivity index (χ0v) is 16.5. The Morgan fingerprint density at radius 3 is 2.41 bits per heavy atom. The van der Waals surface area contributed by atoms with Crippen LogP contribution in [-0.4, -0.2) is 38.7 Å². The number of hydrogen-bond acceptors (Lipinski definition) is 5. The summed E-state index contributed by atoms with van der Waals surface area (Å²) in [6, 6.07) is 5.43. The lowest BCUT2D eigenvalue weighted by molar-refractivity contribution is -0.144. The molecule has 27 heavy (non-hydrogen) atoms. The van der Waals surface area contributed by atoms with Crippen molar-refractivity contribution in [1.82, 2.24) is 5.32 Å². The molecule has 6 heteroatoms. The fourth-order valence-electron chi connectivity index (χ4n) is 3.31. The van der Waals surface area contributed by atoms with Gasteiger partial charge in [-0.2, -0.15) is 0 Å². The van der Waals surface area contributed by atoms with Crippen molar-refractivity contribution < 1.29 is 23.8 Å². The maximum absolute atomic E-state index is 12.1. The maximum Gasteiger partial charge on any atom is 0.331 e. The number of ether oxygens (including phenoxy) is 3. The van der Waals surface area contributed by atoms with Crippen molar-refractivity contribution in [3.05, 3.63) is 29.8 Å². The van der Waals surface area contributed by atoms with Crippen LogP contribution >= 0.6 is 0 Å². The molecule has 148 valence electrons. The van der Waals surface area contributed by atoms with Crippen molar-refractivity contribution in [2.75, 3.05) is 20.8 Å². The molecule has 0 aliphatic heterocycles. The average Bonchev–Trinajstić information content (AvgIpc) is 2.68. The van der Waals surface area contributed by atoms with Gasteiger partial charge in [-0.25, -0.2) is 4.79 Å². The highest BCUT2D eigenvalue weighted by molar-refractivity contribution is 5.89. The van der Waals surface area contributed by atoms with Crippen LogP contribution in [0.15, 0.2) is 24.3 Å². The van der Waals surface area contributed by atoms with Crippen LogP contribution in [0.3, 0.4) is 0 Å². The van der Waals surface area contributed by atoms with E-state index < -0.39 is 5.97 Å². The third-order valence-electron chi connectivity index (χ3n) is 5.18. The Bertz CT molecular complexity index is 663. The summed E-state index contributed by atoms with van der Waals surface area (Å²) in [6.45, 7) is 4.09. The summed E-state index contributed by atoms with van der Waals surface area (Å²) in [5, 5.41) is 2.99.